The number of nitrogens with one attached hydrogen (secondary N) is 2. The number of nitrogens with zero attached hydrogens (tertiary/aromatic N) is 1. The molecule has 0 saturated carbocycles. The Kier molecular flexibility index (Phi) is 7.06. The molecule has 1 amide bonds. The van der Waals surface area contributed by atoms with Crippen LogP contribution in [0.5, 0.6) is 0 Å². The molecule has 0 atom stereocenters. The molecule has 0 aliphatic carbocycles. The van der Waals surface area contributed by atoms with Crippen molar-refractivity contribution in [3.05, 3.63) is 74.7 Å². The van der Waals surface area contributed by atoms with E-state index >= 15 is 0 Å². The maximum Gasteiger partial charge on any atom is 0.266 e. The lowest BCUT2D eigenvalue weighted by Crippen LogP contribution is -2.25. The van der Waals surface area contributed by atoms with Crippen LogP contribution in [0.2, 0.25) is 0 Å². The molecule has 0 unspecified atom stereocenters. The highest BCUT2D eigenvalue weighted by Crippen LogP contribution is 2.36. The van der Waals surface area contributed by atoms with Gasteiger partial charge in [0.05, 0.1) is 4.88 Å². The lowest BCUT2D eigenvalue weighted by molar-refractivity contribution is 0.102. The van der Waals surface area contributed by atoms with E-state index in [-0.39, 0.29) is 12.5 Å². The molecule has 0 bridgehead atoms. The first-order chi connectivity index (χ1) is 16.2. The van der Waals surface area contributed by atoms with E-state index in [0.717, 1.165) is 48.8 Å². The SMILES string of the molecule is Cc1cc(C)c(N2CCCC2)c(C)c1NC(=O)c1sccc1CNS(=O)(=O)c1ccccc1F. The second-order valence-corrected chi connectivity index (χ2v) is 11.2. The van der Waals surface area contributed by atoms with E-state index < -0.39 is 20.7 Å². The topological polar surface area (TPSA) is 78.5 Å². The van der Waals surface area contributed by atoms with Crippen LogP contribution < -0.4 is 14.9 Å². The second kappa shape index (κ2) is 9.85. The van der Waals surface area contributed by atoms with Crippen LogP contribution in [0.3, 0.4) is 0 Å². The van der Waals surface area contributed by atoms with Crippen LogP contribution in [0.15, 0.2) is 46.7 Å². The van der Waals surface area contributed by atoms with Crippen LogP contribution in [0.4, 0.5) is 15.8 Å². The number of carbonyl (C=O) groups is 1. The van der Waals surface area contributed by atoms with E-state index in [1.807, 2.05) is 13.8 Å². The molecule has 0 spiro atoms. The Morgan fingerprint density at radius 3 is 2.50 bits per heavy atom. The van der Waals surface area contributed by atoms with Crippen molar-refractivity contribution in [1.82, 2.24) is 4.72 Å². The van der Waals surface area contributed by atoms with Gasteiger partial charge in [0.1, 0.15) is 10.7 Å². The zero-order chi connectivity index (χ0) is 24.5. The predicted molar refractivity (Wildman–Crippen MR) is 135 cm³/mol. The van der Waals surface area contributed by atoms with Gasteiger partial charge in [-0.15, -0.1) is 11.3 Å². The highest BCUT2D eigenvalue weighted by molar-refractivity contribution is 7.89. The molecular weight excluding hydrogens is 473 g/mol. The first-order valence-electron chi connectivity index (χ1n) is 11.2. The number of sulfonamides is 1. The average molecular weight is 502 g/mol. The lowest BCUT2D eigenvalue weighted by Gasteiger charge is -2.26. The van der Waals surface area contributed by atoms with E-state index in [9.17, 15) is 17.6 Å². The number of benzene rings is 2. The molecule has 3 aromatic rings. The fourth-order valence-corrected chi connectivity index (χ4v) is 6.45. The van der Waals surface area contributed by atoms with Gasteiger partial charge in [0.25, 0.3) is 5.91 Å². The summed E-state index contributed by atoms with van der Waals surface area (Å²) in [6.45, 7) is 8.00. The second-order valence-electron chi connectivity index (χ2n) is 8.54. The third kappa shape index (κ3) is 4.87. The number of anilines is 2. The first-order valence-corrected chi connectivity index (χ1v) is 13.5. The van der Waals surface area contributed by atoms with Crippen LogP contribution in [-0.4, -0.2) is 27.4 Å². The van der Waals surface area contributed by atoms with Crippen molar-refractivity contribution in [2.75, 3.05) is 23.3 Å². The molecule has 1 aliphatic rings. The number of halogens is 1. The van der Waals surface area contributed by atoms with Crippen molar-refractivity contribution in [3.8, 4) is 0 Å². The fraction of sp³-hybridized carbons (Fsp3) is 0.320. The Morgan fingerprint density at radius 1 is 1.09 bits per heavy atom. The monoisotopic (exact) mass is 501 g/mol. The smallest absolute Gasteiger partial charge is 0.266 e. The molecule has 2 heterocycles. The summed E-state index contributed by atoms with van der Waals surface area (Å²) in [5.41, 5.74) is 5.68. The Morgan fingerprint density at radius 2 is 1.79 bits per heavy atom. The Bertz CT molecular complexity index is 1330. The molecule has 2 aromatic carbocycles. The summed E-state index contributed by atoms with van der Waals surface area (Å²) in [5, 5.41) is 4.80. The van der Waals surface area contributed by atoms with Crippen LogP contribution in [0, 0.1) is 26.6 Å². The summed E-state index contributed by atoms with van der Waals surface area (Å²) in [7, 11) is -4.06. The van der Waals surface area contributed by atoms with Crippen molar-refractivity contribution in [3.63, 3.8) is 0 Å². The van der Waals surface area contributed by atoms with Crippen molar-refractivity contribution in [2.24, 2.45) is 0 Å². The molecule has 1 saturated heterocycles. The number of hydrogen-bond acceptors (Lipinski definition) is 5. The maximum atomic E-state index is 14.0. The Hall–Kier alpha value is -2.75. The minimum absolute atomic E-state index is 0.117. The van der Waals surface area contributed by atoms with Gasteiger partial charge in [-0.05, 0) is 79.4 Å². The number of hydrogen-bond donors (Lipinski definition) is 2. The normalized spacial score (nSPS) is 13.9. The highest BCUT2D eigenvalue weighted by Gasteiger charge is 2.23. The zero-order valence-corrected chi connectivity index (χ0v) is 21.1. The molecule has 9 heteroatoms. The molecule has 34 heavy (non-hydrogen) atoms. The third-order valence-electron chi connectivity index (χ3n) is 6.12. The summed E-state index contributed by atoms with van der Waals surface area (Å²) in [6.07, 6.45) is 2.32. The molecular formula is C25H28FN3O3S2. The summed E-state index contributed by atoms with van der Waals surface area (Å²) in [5.74, 6) is -1.12. The standard InChI is InChI=1S/C25H28FN3O3S2/c1-16-14-17(2)23(29-11-6-7-12-29)18(3)22(16)28-25(30)24-19(10-13-33-24)15-27-34(31,32)21-9-5-4-8-20(21)26/h4-5,8-10,13-14,27H,6-7,11-12,15H2,1-3H3,(H,28,30). The van der Waals surface area contributed by atoms with Crippen molar-refractivity contribution in [1.29, 1.82) is 0 Å². The quantitative estimate of drug-likeness (QED) is 0.470. The van der Waals surface area contributed by atoms with E-state index in [0.29, 0.717) is 10.4 Å². The van der Waals surface area contributed by atoms with Gasteiger partial charge in [0, 0.05) is 31.0 Å². The summed E-state index contributed by atoms with van der Waals surface area (Å²) in [6, 6.07) is 8.99. The van der Waals surface area contributed by atoms with Crippen LogP contribution in [0.1, 0.15) is 44.8 Å². The molecule has 4 rings (SSSR count). The molecule has 2 N–H and O–H groups in total. The average Bonchev–Trinajstić information content (AvgIpc) is 3.47. The molecule has 180 valence electrons. The van der Waals surface area contributed by atoms with E-state index in [4.69, 9.17) is 0 Å². The number of aryl methyl sites for hydroxylation is 2. The third-order valence-corrected chi connectivity index (χ3v) is 8.51. The zero-order valence-electron chi connectivity index (χ0n) is 19.4. The summed E-state index contributed by atoms with van der Waals surface area (Å²) >= 11 is 1.24. The van der Waals surface area contributed by atoms with Gasteiger partial charge in [-0.25, -0.2) is 17.5 Å². The molecule has 1 aliphatic heterocycles. The predicted octanol–water partition coefficient (Wildman–Crippen LogP) is 5.14. The minimum atomic E-state index is -4.06. The number of rotatable bonds is 7. The lowest BCUT2D eigenvalue weighted by atomic mass is 10.0. The number of carbonyl (C=O) groups excluding carboxylic acids is 1. The fourth-order valence-electron chi connectivity index (χ4n) is 4.55. The van der Waals surface area contributed by atoms with Crippen LogP contribution in [0.25, 0.3) is 0 Å². The van der Waals surface area contributed by atoms with Gasteiger partial charge in [0.2, 0.25) is 10.0 Å². The van der Waals surface area contributed by atoms with E-state index in [1.54, 1.807) is 11.4 Å². The number of thiophene rings is 1. The van der Waals surface area contributed by atoms with Crippen molar-refractivity contribution >= 4 is 38.6 Å². The minimum Gasteiger partial charge on any atom is -0.371 e. The van der Waals surface area contributed by atoms with Gasteiger partial charge < -0.3 is 10.2 Å². The van der Waals surface area contributed by atoms with E-state index in [2.05, 4.69) is 27.9 Å². The van der Waals surface area contributed by atoms with Crippen LogP contribution in [-0.2, 0) is 16.6 Å². The first kappa shape index (κ1) is 24.4. The van der Waals surface area contributed by atoms with Gasteiger partial charge >= 0.3 is 0 Å². The Labute approximate surface area is 203 Å². The molecule has 6 nitrogen and oxygen atoms in total. The van der Waals surface area contributed by atoms with Gasteiger partial charge in [-0.1, -0.05) is 18.2 Å². The van der Waals surface area contributed by atoms with Crippen molar-refractivity contribution < 1.29 is 17.6 Å². The van der Waals surface area contributed by atoms with Gasteiger partial charge in [-0.3, -0.25) is 4.79 Å². The summed E-state index contributed by atoms with van der Waals surface area (Å²) < 4.78 is 41.5. The molecule has 0 radical (unpaired) electrons. The van der Waals surface area contributed by atoms with Crippen molar-refractivity contribution in [2.45, 2.75) is 45.1 Å². The number of amides is 1. The highest BCUT2D eigenvalue weighted by atomic mass is 32.2. The maximum absolute atomic E-state index is 14.0. The Balaban J connectivity index is 1.55. The van der Waals surface area contributed by atoms with Gasteiger partial charge in [0.15, 0.2) is 0 Å². The van der Waals surface area contributed by atoms with Gasteiger partial charge in [-0.2, -0.15) is 0 Å². The molecule has 1 fully saturated rings. The largest absolute Gasteiger partial charge is 0.371 e. The molecule has 1 aromatic heterocycles. The van der Waals surface area contributed by atoms with E-state index in [1.165, 1.54) is 40.8 Å². The summed E-state index contributed by atoms with van der Waals surface area (Å²) in [4.78, 5) is 15.6. The van der Waals surface area contributed by atoms with Crippen LogP contribution >= 0.6 is 11.3 Å².